The molecule has 0 saturated carbocycles. The van der Waals surface area contributed by atoms with E-state index in [4.69, 9.17) is 11.6 Å². The lowest BCUT2D eigenvalue weighted by Gasteiger charge is -2.09. The van der Waals surface area contributed by atoms with Crippen molar-refractivity contribution in [3.8, 4) is 0 Å². The van der Waals surface area contributed by atoms with Crippen molar-refractivity contribution < 1.29 is 0 Å². The molecule has 0 unspecified atom stereocenters. The van der Waals surface area contributed by atoms with Gasteiger partial charge in [0.1, 0.15) is 10.8 Å². The smallest absolute Gasteiger partial charge is 0.224 e. The zero-order chi connectivity index (χ0) is 14.2. The number of anilines is 2. The molecule has 0 saturated heterocycles. The summed E-state index contributed by atoms with van der Waals surface area (Å²) in [5.74, 6) is 1.24. The maximum Gasteiger partial charge on any atom is 0.224 e. The molecule has 8 heteroatoms. The Morgan fingerprint density at radius 1 is 1.30 bits per heavy atom. The van der Waals surface area contributed by atoms with Crippen LogP contribution < -0.4 is 10.6 Å². The van der Waals surface area contributed by atoms with Crippen LogP contribution in [0, 0.1) is 0 Å². The number of nitrogens with one attached hydrogen (secondary N) is 2. The van der Waals surface area contributed by atoms with E-state index in [9.17, 15) is 0 Å². The van der Waals surface area contributed by atoms with E-state index in [0.717, 1.165) is 32.5 Å². The SMILES string of the molecule is CCCNc1ncc(Cl)c(NCCCn2ccnn2)n1. The third-order valence-electron chi connectivity index (χ3n) is 2.61. The Kier molecular flexibility index (Phi) is 5.55. The van der Waals surface area contributed by atoms with Crippen LogP contribution in [0.3, 0.4) is 0 Å². The third-order valence-corrected chi connectivity index (χ3v) is 2.88. The molecular formula is C12H18ClN7. The molecule has 7 nitrogen and oxygen atoms in total. The number of rotatable bonds is 8. The largest absolute Gasteiger partial charge is 0.369 e. The van der Waals surface area contributed by atoms with Crippen LogP contribution >= 0.6 is 11.6 Å². The van der Waals surface area contributed by atoms with E-state index in [1.165, 1.54) is 0 Å². The van der Waals surface area contributed by atoms with Gasteiger partial charge in [-0.2, -0.15) is 4.98 Å². The van der Waals surface area contributed by atoms with Gasteiger partial charge in [-0.15, -0.1) is 5.10 Å². The molecule has 0 amide bonds. The maximum absolute atomic E-state index is 6.07. The molecule has 0 atom stereocenters. The van der Waals surface area contributed by atoms with E-state index in [1.54, 1.807) is 17.1 Å². The van der Waals surface area contributed by atoms with E-state index < -0.39 is 0 Å². The van der Waals surface area contributed by atoms with Gasteiger partial charge in [0.2, 0.25) is 5.95 Å². The van der Waals surface area contributed by atoms with Crippen LogP contribution in [0.2, 0.25) is 5.02 Å². The van der Waals surface area contributed by atoms with Crippen molar-refractivity contribution in [2.45, 2.75) is 26.3 Å². The fourth-order valence-electron chi connectivity index (χ4n) is 1.61. The highest BCUT2D eigenvalue weighted by Gasteiger charge is 2.04. The van der Waals surface area contributed by atoms with Gasteiger partial charge >= 0.3 is 0 Å². The van der Waals surface area contributed by atoms with E-state index in [0.29, 0.717) is 16.8 Å². The second-order valence-electron chi connectivity index (χ2n) is 4.26. The first-order valence-electron chi connectivity index (χ1n) is 6.64. The number of aryl methyl sites for hydroxylation is 1. The standard InChI is InChI=1S/C12H18ClN7/c1-2-4-15-12-16-9-10(13)11(18-12)14-5-3-7-20-8-6-17-19-20/h6,8-9H,2-5,7H2,1H3,(H2,14,15,16,18). The first-order valence-corrected chi connectivity index (χ1v) is 7.01. The first kappa shape index (κ1) is 14.5. The Hall–Kier alpha value is -1.89. The van der Waals surface area contributed by atoms with E-state index in [2.05, 4.69) is 37.8 Å². The van der Waals surface area contributed by atoms with Gasteiger partial charge in [0.05, 0.1) is 12.4 Å². The molecule has 0 aliphatic rings. The average molecular weight is 296 g/mol. The van der Waals surface area contributed by atoms with Crippen molar-refractivity contribution in [3.05, 3.63) is 23.6 Å². The van der Waals surface area contributed by atoms with Crippen LogP contribution in [-0.2, 0) is 6.54 Å². The van der Waals surface area contributed by atoms with Crippen molar-refractivity contribution in [1.82, 2.24) is 25.0 Å². The normalized spacial score (nSPS) is 10.5. The molecule has 2 rings (SSSR count). The lowest BCUT2D eigenvalue weighted by atomic mass is 10.4. The molecular weight excluding hydrogens is 278 g/mol. The van der Waals surface area contributed by atoms with Crippen molar-refractivity contribution in [2.24, 2.45) is 0 Å². The number of nitrogens with zero attached hydrogens (tertiary/aromatic N) is 5. The van der Waals surface area contributed by atoms with E-state index in [1.807, 2.05) is 6.20 Å². The summed E-state index contributed by atoms with van der Waals surface area (Å²) in [5, 5.41) is 14.5. The number of hydrogen-bond acceptors (Lipinski definition) is 6. The summed E-state index contributed by atoms with van der Waals surface area (Å²) in [6, 6.07) is 0. The number of aromatic nitrogens is 5. The molecule has 2 aromatic heterocycles. The molecule has 2 heterocycles. The van der Waals surface area contributed by atoms with Crippen LogP contribution in [0.5, 0.6) is 0 Å². The molecule has 2 aromatic rings. The molecule has 2 N–H and O–H groups in total. The molecule has 0 radical (unpaired) electrons. The zero-order valence-corrected chi connectivity index (χ0v) is 12.1. The summed E-state index contributed by atoms with van der Waals surface area (Å²) < 4.78 is 1.79. The van der Waals surface area contributed by atoms with Gasteiger partial charge in [0.15, 0.2) is 0 Å². The fraction of sp³-hybridized carbons (Fsp3) is 0.500. The van der Waals surface area contributed by atoms with Crippen molar-refractivity contribution in [3.63, 3.8) is 0 Å². The Morgan fingerprint density at radius 3 is 2.95 bits per heavy atom. The Balaban J connectivity index is 1.81. The molecule has 0 aliphatic heterocycles. The van der Waals surface area contributed by atoms with Crippen molar-refractivity contribution in [1.29, 1.82) is 0 Å². The number of halogens is 1. The van der Waals surface area contributed by atoms with Crippen LogP contribution in [0.25, 0.3) is 0 Å². The molecule has 0 spiro atoms. The average Bonchev–Trinajstić information content (AvgIpc) is 2.97. The van der Waals surface area contributed by atoms with Gasteiger partial charge in [0, 0.05) is 25.8 Å². The van der Waals surface area contributed by atoms with Crippen LogP contribution in [-0.4, -0.2) is 38.1 Å². The summed E-state index contributed by atoms with van der Waals surface area (Å²) in [5.41, 5.74) is 0. The molecule has 0 fully saturated rings. The zero-order valence-electron chi connectivity index (χ0n) is 11.4. The monoisotopic (exact) mass is 295 g/mol. The van der Waals surface area contributed by atoms with E-state index in [-0.39, 0.29) is 0 Å². The van der Waals surface area contributed by atoms with Gasteiger partial charge in [-0.1, -0.05) is 23.7 Å². The predicted octanol–water partition coefficient (Wildman–Crippen LogP) is 2.05. The Labute approximate surface area is 122 Å². The second kappa shape index (κ2) is 7.64. The lowest BCUT2D eigenvalue weighted by Crippen LogP contribution is -2.10. The third kappa shape index (κ3) is 4.34. The fourth-order valence-corrected chi connectivity index (χ4v) is 1.77. The minimum absolute atomic E-state index is 0.521. The van der Waals surface area contributed by atoms with Crippen LogP contribution in [0.4, 0.5) is 11.8 Å². The highest BCUT2D eigenvalue weighted by molar-refractivity contribution is 6.32. The molecule has 0 aliphatic carbocycles. The van der Waals surface area contributed by atoms with Gasteiger partial charge in [0.25, 0.3) is 0 Å². The van der Waals surface area contributed by atoms with Crippen LogP contribution in [0.1, 0.15) is 19.8 Å². The van der Waals surface area contributed by atoms with Gasteiger partial charge in [-0.3, -0.25) is 4.68 Å². The van der Waals surface area contributed by atoms with Gasteiger partial charge in [-0.05, 0) is 12.8 Å². The molecule has 108 valence electrons. The minimum atomic E-state index is 0.521. The Bertz CT molecular complexity index is 515. The van der Waals surface area contributed by atoms with Gasteiger partial charge < -0.3 is 10.6 Å². The summed E-state index contributed by atoms with van der Waals surface area (Å²) in [7, 11) is 0. The highest BCUT2D eigenvalue weighted by Crippen LogP contribution is 2.19. The van der Waals surface area contributed by atoms with Crippen molar-refractivity contribution >= 4 is 23.4 Å². The molecule has 20 heavy (non-hydrogen) atoms. The van der Waals surface area contributed by atoms with E-state index >= 15 is 0 Å². The second-order valence-corrected chi connectivity index (χ2v) is 4.67. The minimum Gasteiger partial charge on any atom is -0.369 e. The lowest BCUT2D eigenvalue weighted by molar-refractivity contribution is 0.569. The summed E-state index contributed by atoms with van der Waals surface area (Å²) in [4.78, 5) is 8.47. The first-order chi connectivity index (χ1) is 9.79. The maximum atomic E-state index is 6.07. The van der Waals surface area contributed by atoms with Gasteiger partial charge in [-0.25, -0.2) is 4.98 Å². The van der Waals surface area contributed by atoms with Crippen LogP contribution in [0.15, 0.2) is 18.6 Å². The Morgan fingerprint density at radius 2 is 2.20 bits per heavy atom. The summed E-state index contributed by atoms with van der Waals surface area (Å²) in [6.07, 6.45) is 7.03. The summed E-state index contributed by atoms with van der Waals surface area (Å²) in [6.45, 7) is 4.49. The quantitative estimate of drug-likeness (QED) is 0.726. The molecule has 0 aromatic carbocycles. The number of hydrogen-bond donors (Lipinski definition) is 2. The predicted molar refractivity (Wildman–Crippen MR) is 79.0 cm³/mol. The van der Waals surface area contributed by atoms with Crippen molar-refractivity contribution in [2.75, 3.05) is 23.7 Å². The topological polar surface area (TPSA) is 80.5 Å². The highest BCUT2D eigenvalue weighted by atomic mass is 35.5. The molecule has 0 bridgehead atoms. The summed E-state index contributed by atoms with van der Waals surface area (Å²) >= 11 is 6.07.